The predicted octanol–water partition coefficient (Wildman–Crippen LogP) is 11.0. The maximum Gasteiger partial charge on any atom is 0.152 e. The molecule has 2 aromatic heterocycles. The van der Waals surface area contributed by atoms with E-state index in [4.69, 9.17) is 10.2 Å². The van der Waals surface area contributed by atoms with Gasteiger partial charge in [-0.2, -0.15) is 10.2 Å². The Morgan fingerprint density at radius 1 is 0.455 bits per heavy atom. The van der Waals surface area contributed by atoms with E-state index in [-0.39, 0.29) is 35.1 Å². The summed E-state index contributed by atoms with van der Waals surface area (Å²) >= 11 is 0. The van der Waals surface area contributed by atoms with E-state index in [9.17, 15) is 16.8 Å². The van der Waals surface area contributed by atoms with Gasteiger partial charge in [-0.25, -0.2) is 16.8 Å². The lowest BCUT2D eigenvalue weighted by Gasteiger charge is -2.25. The van der Waals surface area contributed by atoms with Crippen molar-refractivity contribution in [2.75, 3.05) is 33.0 Å². The van der Waals surface area contributed by atoms with E-state index in [2.05, 4.69) is 94.1 Å². The van der Waals surface area contributed by atoms with E-state index in [1.807, 2.05) is 83.1 Å². The molecule has 0 N–H and O–H groups in total. The zero-order valence-electron chi connectivity index (χ0n) is 37.2. The van der Waals surface area contributed by atoms with Crippen molar-refractivity contribution in [1.29, 1.82) is 0 Å². The summed E-state index contributed by atoms with van der Waals surface area (Å²) in [4.78, 5) is 0. The summed E-state index contributed by atoms with van der Waals surface area (Å²) in [6.45, 7) is 1.91. The van der Waals surface area contributed by atoms with E-state index in [0.717, 1.165) is 48.4 Å². The molecule has 8 aromatic rings. The van der Waals surface area contributed by atoms with Crippen molar-refractivity contribution in [3.63, 3.8) is 0 Å². The molecule has 12 heteroatoms. The topological polar surface area (TPSA) is 109 Å². The minimum absolute atomic E-state index is 0.115. The molecule has 2 atom stereocenters. The van der Waals surface area contributed by atoms with Crippen molar-refractivity contribution in [3.05, 3.63) is 157 Å². The third kappa shape index (κ3) is 9.39. The van der Waals surface area contributed by atoms with E-state index < -0.39 is 19.7 Å². The van der Waals surface area contributed by atoms with Gasteiger partial charge in [0, 0.05) is 56.7 Å². The molecule has 4 heterocycles. The van der Waals surface area contributed by atoms with Gasteiger partial charge in [-0.15, -0.1) is 0 Å². The van der Waals surface area contributed by atoms with E-state index in [1.165, 1.54) is 69.3 Å². The zero-order chi connectivity index (χ0) is 45.1. The summed E-state index contributed by atoms with van der Waals surface area (Å²) < 4.78 is 54.5. The molecule has 0 radical (unpaired) electrons. The van der Waals surface area contributed by atoms with Gasteiger partial charge < -0.3 is 9.13 Å². The van der Waals surface area contributed by atoms with Crippen LogP contribution in [-0.2, 0) is 32.8 Å². The number of aryl methyl sites for hydroxylation is 2. The Hall–Kier alpha value is -6.24. The van der Waals surface area contributed by atoms with Crippen LogP contribution in [0.1, 0.15) is 62.5 Å². The fourth-order valence-electron chi connectivity index (χ4n) is 10.1. The lowest BCUT2D eigenvalue weighted by molar-refractivity contribution is 0.545. The molecule has 338 valence electrons. The second-order valence-electron chi connectivity index (χ2n) is 18.0. The van der Waals surface area contributed by atoms with Gasteiger partial charge in [0.15, 0.2) is 19.7 Å². The number of para-hydroxylation sites is 4. The normalized spacial score (nSPS) is 18.2. The Morgan fingerprint density at radius 3 is 1.24 bits per heavy atom. The van der Waals surface area contributed by atoms with E-state index in [1.54, 1.807) is 0 Å². The number of hydrogen-bond donors (Lipinski definition) is 0. The van der Waals surface area contributed by atoms with Crippen molar-refractivity contribution in [2.24, 2.45) is 10.2 Å². The van der Waals surface area contributed by atoms with Gasteiger partial charge in [-0.1, -0.05) is 111 Å². The molecule has 10 nitrogen and oxygen atoms in total. The summed E-state index contributed by atoms with van der Waals surface area (Å²) in [5, 5.41) is 18.4. The SMILES string of the molecule is O=S1(=O)CCC(N(N=Cc2ccc3c(c2)c2ccccc2n3CCCCCCCCn2c3ccccc3c3cc(C=NN(c4ccccc4)C4CCS(=O)(=O)C4)ccc32)c2ccccc2)C1. The van der Waals surface area contributed by atoms with Crippen LogP contribution in [0.5, 0.6) is 0 Å². The predicted molar refractivity (Wildman–Crippen MR) is 274 cm³/mol. The lowest BCUT2D eigenvalue weighted by Crippen LogP contribution is -2.31. The first-order valence-electron chi connectivity index (χ1n) is 23.4. The first-order valence-corrected chi connectivity index (χ1v) is 27.0. The molecule has 0 spiro atoms. The van der Waals surface area contributed by atoms with Crippen LogP contribution in [0.2, 0.25) is 0 Å². The summed E-state index contributed by atoms with van der Waals surface area (Å²) in [5.74, 6) is 0.625. The molecule has 2 fully saturated rings. The molecule has 10 rings (SSSR count). The highest BCUT2D eigenvalue weighted by Gasteiger charge is 2.34. The number of nitrogens with zero attached hydrogens (tertiary/aromatic N) is 6. The lowest BCUT2D eigenvalue weighted by atomic mass is 10.1. The first kappa shape index (κ1) is 43.6. The Kier molecular flexibility index (Phi) is 12.5. The number of anilines is 2. The molecule has 6 aromatic carbocycles. The summed E-state index contributed by atoms with van der Waals surface area (Å²) in [6, 6.07) is 49.7. The molecular weight excluding hydrogens is 861 g/mol. The van der Waals surface area contributed by atoms with Crippen LogP contribution in [-0.4, -0.2) is 73.5 Å². The number of hydrogen-bond acceptors (Lipinski definition) is 8. The average Bonchev–Trinajstić information content (AvgIpc) is 4.07. The highest BCUT2D eigenvalue weighted by molar-refractivity contribution is 7.92. The maximum atomic E-state index is 12.4. The minimum atomic E-state index is -3.07. The number of fused-ring (bicyclic) bond motifs is 6. The molecule has 0 aliphatic carbocycles. The van der Waals surface area contributed by atoms with Crippen LogP contribution in [0.4, 0.5) is 11.4 Å². The molecule has 0 bridgehead atoms. The Morgan fingerprint density at radius 2 is 0.833 bits per heavy atom. The molecule has 66 heavy (non-hydrogen) atoms. The largest absolute Gasteiger partial charge is 0.340 e. The van der Waals surface area contributed by atoms with Gasteiger partial charge in [0.25, 0.3) is 0 Å². The summed E-state index contributed by atoms with van der Waals surface area (Å²) in [6.07, 6.45) is 11.8. The number of sulfone groups is 2. The van der Waals surface area contributed by atoms with Gasteiger partial charge in [0.2, 0.25) is 0 Å². The van der Waals surface area contributed by atoms with Gasteiger partial charge >= 0.3 is 0 Å². The number of unbranched alkanes of at least 4 members (excludes halogenated alkanes) is 5. The molecule has 0 saturated carbocycles. The van der Waals surface area contributed by atoms with Gasteiger partial charge in [-0.05, 0) is 97.5 Å². The van der Waals surface area contributed by atoms with Gasteiger partial charge in [0.05, 0.1) is 58.9 Å². The van der Waals surface area contributed by atoms with Crippen LogP contribution in [0.25, 0.3) is 43.6 Å². The zero-order valence-corrected chi connectivity index (χ0v) is 38.8. The fraction of sp³-hybridized carbons (Fsp3) is 0.296. The second kappa shape index (κ2) is 18.9. The summed E-state index contributed by atoms with van der Waals surface area (Å²) in [7, 11) is -6.13. The van der Waals surface area contributed by atoms with Crippen LogP contribution < -0.4 is 10.0 Å². The van der Waals surface area contributed by atoms with E-state index >= 15 is 0 Å². The van der Waals surface area contributed by atoms with Crippen molar-refractivity contribution in [1.82, 2.24) is 9.13 Å². The standard InChI is InChI=1S/C54H56N6O4S2/c61-65(62)33-29-45(39-65)59(43-17-7-5-8-18-43)55-37-41-25-27-53-49(35-41)47-21-11-13-23-51(47)57(53)31-15-3-1-2-4-16-32-58-52-24-14-12-22-48(52)50-36-42(26-28-54(50)58)38-56-60(44-19-9-6-10-20-44)46-30-34-66(63,64)40-46/h5-14,17-28,35-38,45-46H,1-4,15-16,29-34,39-40H2. The van der Waals surface area contributed by atoms with Crippen LogP contribution >= 0.6 is 0 Å². The summed E-state index contributed by atoms with van der Waals surface area (Å²) in [5.41, 5.74) is 8.67. The smallest absolute Gasteiger partial charge is 0.152 e. The Labute approximate surface area is 387 Å². The number of hydrazone groups is 2. The highest BCUT2D eigenvalue weighted by Crippen LogP contribution is 2.33. The molecule has 2 aliphatic rings. The minimum Gasteiger partial charge on any atom is -0.340 e. The monoisotopic (exact) mass is 916 g/mol. The number of rotatable bonds is 17. The molecule has 2 aliphatic heterocycles. The van der Waals surface area contributed by atoms with Crippen LogP contribution in [0.3, 0.4) is 0 Å². The number of benzene rings is 6. The van der Waals surface area contributed by atoms with Crippen molar-refractivity contribution >= 4 is 87.1 Å². The van der Waals surface area contributed by atoms with Crippen LogP contribution in [0.15, 0.2) is 156 Å². The molecular formula is C54H56N6O4S2. The molecule has 0 amide bonds. The third-order valence-electron chi connectivity index (χ3n) is 13.4. The highest BCUT2D eigenvalue weighted by atomic mass is 32.2. The second-order valence-corrected chi connectivity index (χ2v) is 22.4. The third-order valence-corrected chi connectivity index (χ3v) is 16.9. The Balaban J connectivity index is 0.764. The molecule has 2 unspecified atom stereocenters. The quantitative estimate of drug-likeness (QED) is 0.0511. The Bertz CT molecular complexity index is 3070. The van der Waals surface area contributed by atoms with Crippen molar-refractivity contribution in [3.8, 4) is 0 Å². The van der Waals surface area contributed by atoms with Crippen molar-refractivity contribution in [2.45, 2.75) is 76.5 Å². The van der Waals surface area contributed by atoms with Crippen LogP contribution in [0, 0.1) is 0 Å². The van der Waals surface area contributed by atoms with E-state index in [0.29, 0.717) is 12.8 Å². The first-order chi connectivity index (χ1) is 32.2. The number of aromatic nitrogens is 2. The van der Waals surface area contributed by atoms with Gasteiger partial charge in [-0.3, -0.25) is 10.0 Å². The molecule has 2 saturated heterocycles. The average molecular weight is 917 g/mol. The maximum absolute atomic E-state index is 12.4. The van der Waals surface area contributed by atoms with Gasteiger partial charge in [0.1, 0.15) is 0 Å². The van der Waals surface area contributed by atoms with Crippen molar-refractivity contribution < 1.29 is 16.8 Å². The fourth-order valence-corrected chi connectivity index (χ4v) is 13.5.